The predicted octanol–water partition coefficient (Wildman–Crippen LogP) is 4.99. The SMILES string of the molecule is O=C1C(O)=C(c2ccccc2)[C@@H](c2cccc(Cl)c2)N1Cc1ccco1. The Morgan fingerprint density at radius 3 is 2.54 bits per heavy atom. The molecule has 0 aliphatic carbocycles. The lowest BCUT2D eigenvalue weighted by Gasteiger charge is -2.26. The van der Waals surface area contributed by atoms with Crippen molar-refractivity contribution in [3.05, 3.63) is 101 Å². The molecule has 2 aromatic carbocycles. The van der Waals surface area contributed by atoms with Crippen LogP contribution in [0.2, 0.25) is 5.02 Å². The maximum absolute atomic E-state index is 12.8. The Morgan fingerprint density at radius 1 is 1.04 bits per heavy atom. The second kappa shape index (κ2) is 6.73. The van der Waals surface area contributed by atoms with Gasteiger partial charge in [0.1, 0.15) is 5.76 Å². The third-order valence-electron chi connectivity index (χ3n) is 4.46. The van der Waals surface area contributed by atoms with Crippen LogP contribution in [0, 0.1) is 0 Å². The van der Waals surface area contributed by atoms with Crippen molar-refractivity contribution >= 4 is 23.1 Å². The molecule has 26 heavy (non-hydrogen) atoms. The molecule has 1 aliphatic heterocycles. The highest BCUT2D eigenvalue weighted by molar-refractivity contribution is 6.30. The predicted molar refractivity (Wildman–Crippen MR) is 99.4 cm³/mol. The number of rotatable bonds is 4. The Hall–Kier alpha value is -2.98. The standard InChI is InChI=1S/C21H16ClNO3/c22-16-9-4-8-15(12-16)19-18(14-6-2-1-3-7-14)20(24)21(25)23(19)13-17-10-5-11-26-17/h1-12,19,24H,13H2/t19-/m1/s1. The summed E-state index contributed by atoms with van der Waals surface area (Å²) in [6, 6.07) is 19.9. The van der Waals surface area contributed by atoms with Gasteiger partial charge in [0, 0.05) is 10.6 Å². The first kappa shape index (κ1) is 16.5. The van der Waals surface area contributed by atoms with Crippen LogP contribution in [-0.2, 0) is 11.3 Å². The molecule has 0 saturated carbocycles. The zero-order valence-corrected chi connectivity index (χ0v) is 14.6. The molecular weight excluding hydrogens is 350 g/mol. The van der Waals surface area contributed by atoms with Gasteiger partial charge in [-0.05, 0) is 35.4 Å². The number of carbonyl (C=O) groups is 1. The van der Waals surface area contributed by atoms with E-state index in [9.17, 15) is 9.90 Å². The number of aliphatic hydroxyl groups is 1. The molecule has 0 unspecified atom stereocenters. The highest BCUT2D eigenvalue weighted by Crippen LogP contribution is 2.44. The van der Waals surface area contributed by atoms with E-state index in [4.69, 9.17) is 16.0 Å². The van der Waals surface area contributed by atoms with E-state index in [0.29, 0.717) is 16.4 Å². The second-order valence-electron chi connectivity index (χ2n) is 6.10. The van der Waals surface area contributed by atoms with Gasteiger partial charge in [-0.2, -0.15) is 0 Å². The lowest BCUT2D eigenvalue weighted by atomic mass is 9.93. The molecule has 4 nitrogen and oxygen atoms in total. The monoisotopic (exact) mass is 365 g/mol. The van der Waals surface area contributed by atoms with Crippen molar-refractivity contribution in [1.82, 2.24) is 4.90 Å². The summed E-state index contributed by atoms with van der Waals surface area (Å²) in [6.45, 7) is 0.253. The van der Waals surface area contributed by atoms with Gasteiger partial charge in [0.2, 0.25) is 0 Å². The maximum atomic E-state index is 12.8. The van der Waals surface area contributed by atoms with Crippen molar-refractivity contribution in [1.29, 1.82) is 0 Å². The lowest BCUT2D eigenvalue weighted by Crippen LogP contribution is -2.29. The number of furan rings is 1. The fourth-order valence-electron chi connectivity index (χ4n) is 3.32. The molecule has 3 aromatic rings. The summed E-state index contributed by atoms with van der Waals surface area (Å²) in [4.78, 5) is 14.4. The lowest BCUT2D eigenvalue weighted by molar-refractivity contribution is -0.130. The van der Waals surface area contributed by atoms with Crippen LogP contribution in [-0.4, -0.2) is 15.9 Å². The molecule has 0 saturated heterocycles. The summed E-state index contributed by atoms with van der Waals surface area (Å²) in [5, 5.41) is 11.2. The molecule has 5 heteroatoms. The summed E-state index contributed by atoms with van der Waals surface area (Å²) in [5.74, 6) is -0.0227. The molecule has 1 N–H and O–H groups in total. The van der Waals surface area contributed by atoms with Gasteiger partial charge in [0.05, 0.1) is 18.8 Å². The van der Waals surface area contributed by atoms with Crippen LogP contribution in [0.4, 0.5) is 0 Å². The number of nitrogens with zero attached hydrogens (tertiary/aromatic N) is 1. The van der Waals surface area contributed by atoms with Crippen molar-refractivity contribution in [3.8, 4) is 0 Å². The number of amides is 1. The first-order chi connectivity index (χ1) is 12.6. The molecule has 4 rings (SSSR count). The Labute approximate surface area is 155 Å². The first-order valence-corrected chi connectivity index (χ1v) is 8.60. The zero-order chi connectivity index (χ0) is 18.1. The van der Waals surface area contributed by atoms with Crippen LogP contribution in [0.25, 0.3) is 5.57 Å². The number of hydrogen-bond acceptors (Lipinski definition) is 3. The topological polar surface area (TPSA) is 53.7 Å². The van der Waals surface area contributed by atoms with Gasteiger partial charge in [-0.3, -0.25) is 4.79 Å². The van der Waals surface area contributed by atoms with Gasteiger partial charge >= 0.3 is 0 Å². The van der Waals surface area contributed by atoms with E-state index in [0.717, 1.165) is 11.1 Å². The third-order valence-corrected chi connectivity index (χ3v) is 4.69. The Kier molecular flexibility index (Phi) is 4.27. The minimum Gasteiger partial charge on any atom is -0.503 e. The van der Waals surface area contributed by atoms with E-state index in [1.807, 2.05) is 48.5 Å². The quantitative estimate of drug-likeness (QED) is 0.709. The fraction of sp³-hybridized carbons (Fsp3) is 0.0952. The minimum absolute atomic E-state index is 0.243. The molecule has 0 fully saturated rings. The van der Waals surface area contributed by atoms with Crippen molar-refractivity contribution in [2.75, 3.05) is 0 Å². The van der Waals surface area contributed by atoms with Crippen molar-refractivity contribution in [3.63, 3.8) is 0 Å². The van der Waals surface area contributed by atoms with Gasteiger partial charge in [-0.25, -0.2) is 0 Å². The molecule has 0 radical (unpaired) electrons. The first-order valence-electron chi connectivity index (χ1n) is 8.22. The van der Waals surface area contributed by atoms with Crippen LogP contribution in [0.3, 0.4) is 0 Å². The van der Waals surface area contributed by atoms with Gasteiger partial charge in [0.25, 0.3) is 5.91 Å². The van der Waals surface area contributed by atoms with Crippen LogP contribution in [0.5, 0.6) is 0 Å². The average Bonchev–Trinajstić information content (AvgIpc) is 3.25. The van der Waals surface area contributed by atoms with Crippen LogP contribution in [0.1, 0.15) is 22.9 Å². The molecule has 1 atom stereocenters. The highest BCUT2D eigenvalue weighted by Gasteiger charge is 2.41. The van der Waals surface area contributed by atoms with Gasteiger partial charge < -0.3 is 14.4 Å². The van der Waals surface area contributed by atoms with Crippen molar-refractivity contribution < 1.29 is 14.3 Å². The summed E-state index contributed by atoms with van der Waals surface area (Å²) < 4.78 is 5.41. The van der Waals surface area contributed by atoms with Gasteiger partial charge in [0.15, 0.2) is 5.76 Å². The second-order valence-corrected chi connectivity index (χ2v) is 6.53. The van der Waals surface area contributed by atoms with Crippen LogP contribution >= 0.6 is 11.6 Å². The third kappa shape index (κ3) is 2.89. The van der Waals surface area contributed by atoms with E-state index in [1.54, 1.807) is 29.4 Å². The van der Waals surface area contributed by atoms with Gasteiger partial charge in [-0.15, -0.1) is 0 Å². The number of hydrogen-bond donors (Lipinski definition) is 1. The maximum Gasteiger partial charge on any atom is 0.290 e. The molecular formula is C21H16ClNO3. The summed E-state index contributed by atoms with van der Waals surface area (Å²) in [7, 11) is 0. The zero-order valence-electron chi connectivity index (χ0n) is 13.8. The number of benzene rings is 2. The summed E-state index contributed by atoms with van der Waals surface area (Å²) in [5.41, 5.74) is 2.20. The molecule has 1 aliphatic rings. The molecule has 1 amide bonds. The smallest absolute Gasteiger partial charge is 0.290 e. The average molecular weight is 366 g/mol. The van der Waals surface area contributed by atoms with E-state index in [2.05, 4.69) is 0 Å². The number of aliphatic hydroxyl groups excluding tert-OH is 1. The highest BCUT2D eigenvalue weighted by atomic mass is 35.5. The number of halogens is 1. The Bertz CT molecular complexity index is 964. The fourth-order valence-corrected chi connectivity index (χ4v) is 3.52. The largest absolute Gasteiger partial charge is 0.503 e. The van der Waals surface area contributed by atoms with Crippen LogP contribution < -0.4 is 0 Å². The van der Waals surface area contributed by atoms with Crippen molar-refractivity contribution in [2.45, 2.75) is 12.6 Å². The van der Waals surface area contributed by atoms with E-state index in [1.165, 1.54) is 0 Å². The van der Waals surface area contributed by atoms with Gasteiger partial charge in [-0.1, -0.05) is 54.1 Å². The molecule has 0 bridgehead atoms. The summed E-state index contributed by atoms with van der Waals surface area (Å²) in [6.07, 6.45) is 1.57. The van der Waals surface area contributed by atoms with E-state index < -0.39 is 11.9 Å². The number of carbonyl (C=O) groups excluding carboxylic acids is 1. The van der Waals surface area contributed by atoms with E-state index in [-0.39, 0.29) is 12.3 Å². The minimum atomic E-state index is -0.450. The summed E-state index contributed by atoms with van der Waals surface area (Å²) >= 11 is 6.18. The van der Waals surface area contributed by atoms with Crippen LogP contribution in [0.15, 0.2) is 83.2 Å². The molecule has 2 heterocycles. The molecule has 1 aromatic heterocycles. The molecule has 130 valence electrons. The van der Waals surface area contributed by atoms with E-state index >= 15 is 0 Å². The molecule has 0 spiro atoms. The Morgan fingerprint density at radius 2 is 1.85 bits per heavy atom. The normalized spacial score (nSPS) is 17.2. The Balaban J connectivity index is 1.84. The van der Waals surface area contributed by atoms with Crippen molar-refractivity contribution in [2.24, 2.45) is 0 Å².